The van der Waals surface area contributed by atoms with Gasteiger partial charge < -0.3 is 21.3 Å². The normalized spacial score (nSPS) is 12.5. The van der Waals surface area contributed by atoms with Crippen LogP contribution in [0.2, 0.25) is 0 Å². The van der Waals surface area contributed by atoms with Crippen LogP contribution in [0.3, 0.4) is 0 Å². The molecule has 160 valence electrons. The van der Waals surface area contributed by atoms with Gasteiger partial charge in [-0.2, -0.15) is 23.4 Å². The second-order valence-corrected chi connectivity index (χ2v) is 7.29. The predicted octanol–water partition coefficient (Wildman–Crippen LogP) is 2.22. The van der Waals surface area contributed by atoms with Gasteiger partial charge in [-0.1, -0.05) is 6.07 Å². The van der Waals surface area contributed by atoms with E-state index in [0.717, 1.165) is 23.9 Å². The minimum absolute atomic E-state index is 0.0165. The van der Waals surface area contributed by atoms with E-state index in [0.29, 0.717) is 0 Å². The second-order valence-electron chi connectivity index (χ2n) is 6.50. The standard InChI is InChI=1S/C18H20F3N7OS/c1-27(2)9-13(14(23)29)28(11-6-4-5-10(7-11)18(19,20)21)15-12(8-22)16(30-3)26-17(24)25-15/h4-7,13H,9H2,1-3H3,(H2,23,29)(H2,24,25,26)/t13-/m0/s1. The van der Waals surface area contributed by atoms with Gasteiger partial charge in [0.05, 0.1) is 5.56 Å². The molecule has 0 fully saturated rings. The average Bonchev–Trinajstić information content (AvgIpc) is 2.66. The Morgan fingerprint density at radius 2 is 2.00 bits per heavy atom. The summed E-state index contributed by atoms with van der Waals surface area (Å²) in [6.45, 7) is 0.0506. The molecule has 1 heterocycles. The predicted molar refractivity (Wildman–Crippen MR) is 108 cm³/mol. The van der Waals surface area contributed by atoms with E-state index in [4.69, 9.17) is 11.5 Å². The first kappa shape index (κ1) is 23.2. The van der Waals surface area contributed by atoms with Crippen molar-refractivity contribution in [2.45, 2.75) is 17.2 Å². The Hall–Kier alpha value is -3.04. The number of hydrogen-bond acceptors (Lipinski definition) is 8. The fraction of sp³-hybridized carbons (Fsp3) is 0.333. The molecule has 0 aliphatic heterocycles. The third-order valence-electron chi connectivity index (χ3n) is 4.04. The van der Waals surface area contributed by atoms with Gasteiger partial charge in [-0.15, -0.1) is 11.8 Å². The van der Waals surface area contributed by atoms with Crippen molar-refractivity contribution in [1.82, 2.24) is 14.9 Å². The van der Waals surface area contributed by atoms with Gasteiger partial charge in [0.15, 0.2) is 5.82 Å². The maximum atomic E-state index is 13.3. The van der Waals surface area contributed by atoms with Crippen LogP contribution < -0.4 is 16.4 Å². The van der Waals surface area contributed by atoms with Crippen LogP contribution in [-0.4, -0.2) is 53.7 Å². The highest BCUT2D eigenvalue weighted by Gasteiger charge is 2.34. The Bertz CT molecular complexity index is 975. The van der Waals surface area contributed by atoms with Crippen LogP contribution in [0.5, 0.6) is 0 Å². The van der Waals surface area contributed by atoms with Crippen LogP contribution in [0.4, 0.5) is 30.6 Å². The first-order valence-electron chi connectivity index (χ1n) is 8.51. The summed E-state index contributed by atoms with van der Waals surface area (Å²) in [6.07, 6.45) is -2.95. The van der Waals surface area contributed by atoms with E-state index in [9.17, 15) is 23.2 Å². The Labute approximate surface area is 175 Å². The molecular weight excluding hydrogens is 419 g/mol. The van der Waals surface area contributed by atoms with E-state index in [1.165, 1.54) is 17.0 Å². The number of benzene rings is 1. The zero-order valence-corrected chi connectivity index (χ0v) is 17.3. The van der Waals surface area contributed by atoms with Gasteiger partial charge in [-0.25, -0.2) is 4.98 Å². The van der Waals surface area contributed by atoms with Crippen molar-refractivity contribution in [3.63, 3.8) is 0 Å². The van der Waals surface area contributed by atoms with Gasteiger partial charge in [-0.3, -0.25) is 4.79 Å². The van der Waals surface area contributed by atoms with Gasteiger partial charge in [0, 0.05) is 12.2 Å². The molecule has 1 aromatic carbocycles. The van der Waals surface area contributed by atoms with E-state index in [2.05, 4.69) is 9.97 Å². The maximum absolute atomic E-state index is 13.3. The lowest BCUT2D eigenvalue weighted by Gasteiger charge is -2.33. The highest BCUT2D eigenvalue weighted by Crippen LogP contribution is 2.37. The number of hydrogen-bond donors (Lipinski definition) is 2. The number of nitrogens with two attached hydrogens (primary N) is 2. The molecule has 0 unspecified atom stereocenters. The zero-order valence-electron chi connectivity index (χ0n) is 16.4. The van der Waals surface area contributed by atoms with Crippen molar-refractivity contribution < 1.29 is 18.0 Å². The number of alkyl halides is 3. The molecular formula is C18H20F3N7OS. The van der Waals surface area contributed by atoms with Gasteiger partial charge >= 0.3 is 6.18 Å². The second kappa shape index (κ2) is 9.19. The molecule has 1 atom stereocenters. The minimum atomic E-state index is -4.61. The molecule has 0 saturated carbocycles. The van der Waals surface area contributed by atoms with Crippen LogP contribution >= 0.6 is 11.8 Å². The van der Waals surface area contributed by atoms with Crippen LogP contribution in [0.15, 0.2) is 29.3 Å². The molecule has 0 saturated heterocycles. The third kappa shape index (κ3) is 5.11. The molecule has 0 aliphatic carbocycles. The summed E-state index contributed by atoms with van der Waals surface area (Å²) < 4.78 is 39.9. The van der Waals surface area contributed by atoms with Crippen molar-refractivity contribution in [2.24, 2.45) is 5.73 Å². The molecule has 12 heteroatoms. The van der Waals surface area contributed by atoms with E-state index < -0.39 is 23.7 Å². The number of carbonyl (C=O) groups excluding carboxylic acids is 1. The summed E-state index contributed by atoms with van der Waals surface area (Å²) in [4.78, 5) is 23.2. The summed E-state index contributed by atoms with van der Waals surface area (Å²) in [5.41, 5.74) is 10.4. The number of nitriles is 1. The topological polar surface area (TPSA) is 125 Å². The minimum Gasteiger partial charge on any atom is -0.368 e. The fourth-order valence-corrected chi connectivity index (χ4v) is 3.32. The smallest absolute Gasteiger partial charge is 0.368 e. The van der Waals surface area contributed by atoms with Crippen molar-refractivity contribution >= 4 is 35.1 Å². The fourth-order valence-electron chi connectivity index (χ4n) is 2.79. The molecule has 1 aromatic heterocycles. The molecule has 0 aliphatic rings. The highest BCUT2D eigenvalue weighted by molar-refractivity contribution is 7.98. The van der Waals surface area contributed by atoms with Crippen LogP contribution in [0.25, 0.3) is 0 Å². The highest BCUT2D eigenvalue weighted by atomic mass is 32.2. The summed E-state index contributed by atoms with van der Waals surface area (Å²) in [5, 5.41) is 9.91. The Morgan fingerprint density at radius 3 is 2.50 bits per heavy atom. The Morgan fingerprint density at radius 1 is 1.33 bits per heavy atom. The molecule has 30 heavy (non-hydrogen) atoms. The van der Waals surface area contributed by atoms with Gasteiger partial charge in [0.2, 0.25) is 11.9 Å². The monoisotopic (exact) mass is 439 g/mol. The summed E-state index contributed by atoms with van der Waals surface area (Å²) >= 11 is 1.12. The quantitative estimate of drug-likeness (QED) is 0.497. The number of nitrogen functional groups attached to an aromatic ring is 1. The maximum Gasteiger partial charge on any atom is 0.416 e. The molecule has 8 nitrogen and oxygen atoms in total. The number of thioether (sulfide) groups is 1. The number of halogens is 3. The molecule has 0 radical (unpaired) electrons. The Kier molecular flexibility index (Phi) is 7.12. The summed E-state index contributed by atoms with van der Waals surface area (Å²) in [5.74, 6) is -1.11. The molecule has 2 aromatic rings. The van der Waals surface area contributed by atoms with Gasteiger partial charge in [0.25, 0.3) is 0 Å². The number of rotatable bonds is 7. The Balaban J connectivity index is 2.84. The lowest BCUT2D eigenvalue weighted by Crippen LogP contribution is -2.49. The van der Waals surface area contributed by atoms with Gasteiger partial charge in [0.1, 0.15) is 22.7 Å². The number of aromatic nitrogens is 2. The van der Waals surface area contributed by atoms with Crippen molar-refractivity contribution in [3.05, 3.63) is 35.4 Å². The summed E-state index contributed by atoms with van der Waals surface area (Å²) in [6, 6.07) is 5.16. The number of nitrogens with zero attached hydrogens (tertiary/aromatic N) is 5. The molecule has 1 amide bonds. The van der Waals surface area contributed by atoms with Crippen LogP contribution in [0, 0.1) is 11.3 Å². The number of primary amides is 1. The van der Waals surface area contributed by atoms with Crippen LogP contribution in [-0.2, 0) is 11.0 Å². The first-order valence-corrected chi connectivity index (χ1v) is 9.74. The number of likely N-dealkylation sites (N-methyl/N-ethyl adjacent to an activating group) is 1. The molecule has 0 spiro atoms. The molecule has 4 N–H and O–H groups in total. The SMILES string of the molecule is CSc1nc(N)nc(N(c2cccc(C(F)(F)F)c2)[C@@H](CN(C)C)C(N)=O)c1C#N. The zero-order chi connectivity index (χ0) is 22.6. The van der Waals surface area contributed by atoms with Gasteiger partial charge in [-0.05, 0) is 38.6 Å². The molecule has 0 bridgehead atoms. The number of amides is 1. The van der Waals surface area contributed by atoms with E-state index in [-0.39, 0.29) is 34.6 Å². The summed E-state index contributed by atoms with van der Waals surface area (Å²) in [7, 11) is 3.35. The molecule has 2 rings (SSSR count). The van der Waals surface area contributed by atoms with Crippen molar-refractivity contribution in [1.29, 1.82) is 5.26 Å². The van der Waals surface area contributed by atoms with Crippen molar-refractivity contribution in [2.75, 3.05) is 37.5 Å². The average molecular weight is 439 g/mol. The lowest BCUT2D eigenvalue weighted by molar-refractivity contribution is -0.137. The van der Waals surface area contributed by atoms with Crippen molar-refractivity contribution in [3.8, 4) is 6.07 Å². The van der Waals surface area contributed by atoms with Crippen LogP contribution in [0.1, 0.15) is 11.1 Å². The number of anilines is 3. The lowest BCUT2D eigenvalue weighted by atomic mass is 10.1. The largest absolute Gasteiger partial charge is 0.416 e. The van der Waals surface area contributed by atoms with E-state index in [1.807, 2.05) is 6.07 Å². The first-order chi connectivity index (χ1) is 14.0. The van der Waals surface area contributed by atoms with E-state index >= 15 is 0 Å². The number of carbonyl (C=O) groups is 1. The van der Waals surface area contributed by atoms with E-state index in [1.54, 1.807) is 25.3 Å². The third-order valence-corrected chi connectivity index (χ3v) is 4.72.